The number of benzene rings is 2. The van der Waals surface area contributed by atoms with Gasteiger partial charge in [-0.3, -0.25) is 4.79 Å². The molecule has 3 nitrogen and oxygen atoms in total. The molecule has 0 saturated heterocycles. The van der Waals surface area contributed by atoms with Gasteiger partial charge in [0.25, 0.3) is 12.3 Å². The largest absolute Gasteiger partial charge is 0.399 e. The maximum atomic E-state index is 12.8. The van der Waals surface area contributed by atoms with E-state index in [0.29, 0.717) is 5.69 Å². The van der Waals surface area contributed by atoms with Gasteiger partial charge in [-0.2, -0.15) is 0 Å². The van der Waals surface area contributed by atoms with E-state index >= 15 is 0 Å². The number of nitrogen functional groups attached to an aromatic ring is 1. The Hall–Kier alpha value is -2.50. The fraction of sp³-hybridized carbons (Fsp3) is 0.0714. The van der Waals surface area contributed by atoms with Gasteiger partial charge in [0.2, 0.25) is 0 Å². The molecule has 3 N–H and O–H groups in total. The van der Waals surface area contributed by atoms with E-state index in [1.165, 1.54) is 24.3 Å². The summed E-state index contributed by atoms with van der Waals surface area (Å²) in [4.78, 5) is 12.0. The van der Waals surface area contributed by atoms with Crippen molar-refractivity contribution in [2.45, 2.75) is 6.43 Å². The molecule has 0 fully saturated rings. The van der Waals surface area contributed by atoms with Crippen molar-refractivity contribution >= 4 is 17.3 Å². The van der Waals surface area contributed by atoms with Crippen molar-refractivity contribution in [3.63, 3.8) is 0 Å². The lowest BCUT2D eigenvalue weighted by Crippen LogP contribution is -2.15. The Morgan fingerprint density at radius 2 is 1.75 bits per heavy atom. The first-order valence-electron chi connectivity index (χ1n) is 5.72. The van der Waals surface area contributed by atoms with Crippen molar-refractivity contribution in [3.05, 3.63) is 59.4 Å². The third kappa shape index (κ3) is 3.09. The lowest BCUT2D eigenvalue weighted by Gasteiger charge is -2.10. The number of halogens is 3. The summed E-state index contributed by atoms with van der Waals surface area (Å²) < 4.78 is 38.4. The van der Waals surface area contributed by atoms with Crippen molar-refractivity contribution < 1.29 is 18.0 Å². The highest BCUT2D eigenvalue weighted by Gasteiger charge is 2.18. The zero-order valence-electron chi connectivity index (χ0n) is 10.2. The van der Waals surface area contributed by atoms with Crippen molar-refractivity contribution in [1.82, 2.24) is 0 Å². The summed E-state index contributed by atoms with van der Waals surface area (Å²) in [5.74, 6) is -1.18. The lowest BCUT2D eigenvalue weighted by atomic mass is 10.1. The molecule has 20 heavy (non-hydrogen) atoms. The van der Waals surface area contributed by atoms with Gasteiger partial charge >= 0.3 is 0 Å². The minimum absolute atomic E-state index is 0.204. The fourth-order valence-electron chi connectivity index (χ4n) is 1.69. The summed E-state index contributed by atoms with van der Waals surface area (Å²) in [6.07, 6.45) is -2.79. The molecule has 0 atom stereocenters. The van der Waals surface area contributed by atoms with Crippen LogP contribution in [0.2, 0.25) is 0 Å². The van der Waals surface area contributed by atoms with Crippen LogP contribution in [0.15, 0.2) is 42.5 Å². The Morgan fingerprint density at radius 3 is 2.35 bits per heavy atom. The number of hydrogen-bond acceptors (Lipinski definition) is 2. The molecule has 0 saturated carbocycles. The van der Waals surface area contributed by atoms with Crippen molar-refractivity contribution in [1.29, 1.82) is 0 Å². The van der Waals surface area contributed by atoms with E-state index in [9.17, 15) is 18.0 Å². The van der Waals surface area contributed by atoms with E-state index in [1.807, 2.05) is 0 Å². The number of amides is 1. The molecule has 2 aromatic carbocycles. The molecule has 2 aromatic rings. The molecule has 104 valence electrons. The van der Waals surface area contributed by atoms with E-state index in [2.05, 4.69) is 5.32 Å². The minimum Gasteiger partial charge on any atom is -0.399 e. The van der Waals surface area contributed by atoms with Crippen LogP contribution >= 0.6 is 0 Å². The van der Waals surface area contributed by atoms with Gasteiger partial charge in [0.05, 0.1) is 5.56 Å². The van der Waals surface area contributed by atoms with Gasteiger partial charge in [-0.15, -0.1) is 0 Å². The van der Waals surface area contributed by atoms with Crippen LogP contribution in [0, 0.1) is 5.82 Å². The fourth-order valence-corrected chi connectivity index (χ4v) is 1.69. The number of hydrogen-bond donors (Lipinski definition) is 2. The Bertz CT molecular complexity index is 627. The molecule has 0 aromatic heterocycles. The molecule has 0 unspecified atom stereocenters. The lowest BCUT2D eigenvalue weighted by molar-refractivity contribution is 0.101. The second-order valence-corrected chi connectivity index (χ2v) is 4.11. The number of carbonyl (C=O) groups is 1. The molecule has 0 aliphatic carbocycles. The Labute approximate surface area is 113 Å². The van der Waals surface area contributed by atoms with Gasteiger partial charge in [0.15, 0.2) is 0 Å². The zero-order valence-corrected chi connectivity index (χ0v) is 10.2. The number of rotatable bonds is 3. The first-order valence-corrected chi connectivity index (χ1v) is 5.72. The predicted octanol–water partition coefficient (Wildman–Crippen LogP) is 3.60. The minimum atomic E-state index is -2.79. The highest BCUT2D eigenvalue weighted by atomic mass is 19.3. The highest BCUT2D eigenvalue weighted by Crippen LogP contribution is 2.25. The molecule has 0 radical (unpaired) electrons. The van der Waals surface area contributed by atoms with Crippen LogP contribution < -0.4 is 11.1 Å². The Kier molecular flexibility index (Phi) is 3.93. The van der Waals surface area contributed by atoms with Crippen molar-refractivity contribution in [2.24, 2.45) is 0 Å². The number of nitrogens with one attached hydrogen (secondary N) is 1. The molecule has 0 aliphatic heterocycles. The average molecular weight is 280 g/mol. The van der Waals surface area contributed by atoms with Crippen LogP contribution in [0.5, 0.6) is 0 Å². The van der Waals surface area contributed by atoms with Crippen LogP contribution in [-0.4, -0.2) is 5.91 Å². The van der Waals surface area contributed by atoms with Gasteiger partial charge < -0.3 is 11.1 Å². The second-order valence-electron chi connectivity index (χ2n) is 4.11. The van der Waals surface area contributed by atoms with E-state index in [0.717, 1.165) is 18.2 Å². The summed E-state index contributed by atoms with van der Waals surface area (Å²) >= 11 is 0. The van der Waals surface area contributed by atoms with Crippen LogP contribution in [0.3, 0.4) is 0 Å². The smallest absolute Gasteiger partial charge is 0.264 e. The number of alkyl halides is 2. The van der Waals surface area contributed by atoms with Crippen LogP contribution in [0.25, 0.3) is 0 Å². The van der Waals surface area contributed by atoms with Gasteiger partial charge in [0.1, 0.15) is 5.82 Å². The van der Waals surface area contributed by atoms with Crippen LogP contribution in [0.4, 0.5) is 24.5 Å². The quantitative estimate of drug-likeness (QED) is 0.844. The van der Waals surface area contributed by atoms with Gasteiger partial charge in [0, 0.05) is 16.9 Å². The summed E-state index contributed by atoms with van der Waals surface area (Å²) in [6, 6.07) is 8.57. The number of carbonyl (C=O) groups excluding carboxylic acids is 1. The molecule has 6 heteroatoms. The third-order valence-electron chi connectivity index (χ3n) is 2.66. The summed E-state index contributed by atoms with van der Waals surface area (Å²) in [6.45, 7) is 0. The Morgan fingerprint density at radius 1 is 1.10 bits per heavy atom. The molecular weight excluding hydrogens is 269 g/mol. The maximum absolute atomic E-state index is 12.8. The standard InChI is InChI=1S/C14H11F3N2O/c15-8-1-4-10(5-2-8)19-14(20)12-7-9(18)3-6-11(12)13(16)17/h1-7,13H,18H2,(H,19,20). The van der Waals surface area contributed by atoms with Gasteiger partial charge in [-0.1, -0.05) is 6.07 Å². The SMILES string of the molecule is Nc1ccc(C(F)F)c(C(=O)Nc2ccc(F)cc2)c1. The van der Waals surface area contributed by atoms with Gasteiger partial charge in [-0.25, -0.2) is 13.2 Å². The summed E-state index contributed by atoms with van der Waals surface area (Å²) in [7, 11) is 0. The van der Waals surface area contributed by atoms with E-state index in [-0.39, 0.29) is 11.3 Å². The maximum Gasteiger partial charge on any atom is 0.264 e. The molecule has 2 rings (SSSR count). The normalized spacial score (nSPS) is 10.6. The second kappa shape index (κ2) is 5.64. The first kappa shape index (κ1) is 13.9. The van der Waals surface area contributed by atoms with E-state index in [4.69, 9.17) is 5.73 Å². The Balaban J connectivity index is 2.28. The summed E-state index contributed by atoms with van der Waals surface area (Å²) in [5, 5.41) is 2.41. The molecule has 0 bridgehead atoms. The average Bonchev–Trinajstić information content (AvgIpc) is 2.41. The van der Waals surface area contributed by atoms with E-state index in [1.54, 1.807) is 0 Å². The third-order valence-corrected chi connectivity index (χ3v) is 2.66. The zero-order chi connectivity index (χ0) is 14.7. The molecular formula is C14H11F3N2O. The van der Waals surface area contributed by atoms with Crippen molar-refractivity contribution in [3.8, 4) is 0 Å². The first-order chi connectivity index (χ1) is 9.47. The van der Waals surface area contributed by atoms with Gasteiger partial charge in [-0.05, 0) is 36.4 Å². The summed E-state index contributed by atoms with van der Waals surface area (Å²) in [5.41, 5.74) is 5.41. The number of nitrogens with two attached hydrogens (primary N) is 1. The monoisotopic (exact) mass is 280 g/mol. The predicted molar refractivity (Wildman–Crippen MR) is 70.2 cm³/mol. The van der Waals surface area contributed by atoms with Crippen molar-refractivity contribution in [2.75, 3.05) is 11.1 Å². The van der Waals surface area contributed by atoms with Crippen LogP contribution in [0.1, 0.15) is 22.3 Å². The number of anilines is 2. The highest BCUT2D eigenvalue weighted by molar-refractivity contribution is 6.05. The molecule has 0 heterocycles. The molecule has 0 spiro atoms. The van der Waals surface area contributed by atoms with E-state index < -0.39 is 23.7 Å². The van der Waals surface area contributed by atoms with Crippen LogP contribution in [-0.2, 0) is 0 Å². The topological polar surface area (TPSA) is 55.1 Å². The molecule has 0 aliphatic rings. The molecule has 1 amide bonds.